The maximum atomic E-state index is 13.6. The molecule has 1 N–H and O–H groups in total. The first-order valence-electron chi connectivity index (χ1n) is 11.2. The van der Waals surface area contributed by atoms with Crippen LogP contribution in [0.1, 0.15) is 30.5 Å². The summed E-state index contributed by atoms with van der Waals surface area (Å²) in [5, 5.41) is 13.7. The highest BCUT2D eigenvalue weighted by Crippen LogP contribution is 2.39. The number of hydrogen-bond acceptors (Lipinski definition) is 7. The number of carbonyl (C=O) groups is 1. The number of nitrogens with zero attached hydrogens (tertiary/aromatic N) is 4. The van der Waals surface area contributed by atoms with Crippen molar-refractivity contribution in [3.05, 3.63) is 41.6 Å². The Kier molecular flexibility index (Phi) is 6.79. The molecule has 2 aromatic rings. The van der Waals surface area contributed by atoms with E-state index in [4.69, 9.17) is 4.74 Å². The van der Waals surface area contributed by atoms with Crippen molar-refractivity contribution in [3.8, 4) is 6.07 Å². The summed E-state index contributed by atoms with van der Waals surface area (Å²) in [5.41, 5.74) is -2.41. The van der Waals surface area contributed by atoms with Crippen molar-refractivity contribution in [2.75, 3.05) is 11.4 Å². The number of anilines is 1. The Labute approximate surface area is 212 Å². The van der Waals surface area contributed by atoms with Gasteiger partial charge in [-0.1, -0.05) is 12.1 Å². The second kappa shape index (κ2) is 9.37. The van der Waals surface area contributed by atoms with Crippen LogP contribution in [0.25, 0.3) is 0 Å². The van der Waals surface area contributed by atoms with Gasteiger partial charge in [-0.05, 0) is 31.9 Å². The van der Waals surface area contributed by atoms with E-state index in [-0.39, 0.29) is 11.5 Å². The van der Waals surface area contributed by atoms with Crippen LogP contribution in [0, 0.1) is 18.3 Å². The summed E-state index contributed by atoms with van der Waals surface area (Å²) in [6.07, 6.45) is -12.2. The van der Waals surface area contributed by atoms with Gasteiger partial charge in [-0.3, -0.25) is 0 Å². The molecule has 1 aliphatic heterocycles. The van der Waals surface area contributed by atoms with E-state index in [1.807, 2.05) is 6.07 Å². The highest BCUT2D eigenvalue weighted by atomic mass is 32.2. The molecule has 206 valence electrons. The van der Waals surface area contributed by atoms with Crippen LogP contribution in [0.4, 0.5) is 37.0 Å². The monoisotopic (exact) mass is 565 g/mol. The Balaban J connectivity index is 1.70. The molecule has 1 aromatic carbocycles. The Morgan fingerprint density at radius 1 is 1.24 bits per heavy atom. The number of aromatic nitrogens is 2. The molecular weight excluding hydrogens is 544 g/mol. The second-order valence-corrected chi connectivity index (χ2v) is 11.3. The van der Waals surface area contributed by atoms with Crippen molar-refractivity contribution in [2.24, 2.45) is 0 Å². The van der Waals surface area contributed by atoms with Crippen LogP contribution in [0.3, 0.4) is 0 Å². The number of hydrogen-bond donors (Lipinski definition) is 1. The normalized spacial score (nSPS) is 21.2. The molecule has 1 saturated carbocycles. The van der Waals surface area contributed by atoms with Gasteiger partial charge in [-0.25, -0.2) is 17.9 Å². The molecule has 9 nitrogen and oxygen atoms in total. The van der Waals surface area contributed by atoms with Gasteiger partial charge in [0, 0.05) is 19.0 Å². The van der Waals surface area contributed by atoms with E-state index in [0.29, 0.717) is 23.6 Å². The lowest BCUT2D eigenvalue weighted by molar-refractivity contribution is -0.142. The number of sulfone groups is 1. The topological polar surface area (TPSA) is 117 Å². The molecule has 1 aliphatic carbocycles. The highest BCUT2D eigenvalue weighted by Gasteiger charge is 2.49. The van der Waals surface area contributed by atoms with Crippen LogP contribution >= 0.6 is 0 Å². The van der Waals surface area contributed by atoms with E-state index in [9.17, 15) is 44.8 Å². The first-order valence-corrected chi connectivity index (χ1v) is 12.8. The fourth-order valence-corrected chi connectivity index (χ4v) is 6.15. The predicted molar refractivity (Wildman–Crippen MR) is 118 cm³/mol. The molecule has 1 saturated heterocycles. The molecule has 4 rings (SSSR count). The van der Waals surface area contributed by atoms with Gasteiger partial charge in [0.05, 0.1) is 27.5 Å². The van der Waals surface area contributed by atoms with Gasteiger partial charge < -0.3 is 15.0 Å². The van der Waals surface area contributed by atoms with Crippen LogP contribution in [0.15, 0.2) is 35.2 Å². The fraction of sp³-hybridized carbons (Fsp3) is 0.500. The predicted octanol–water partition coefficient (Wildman–Crippen LogP) is 3.93. The second-order valence-electron chi connectivity index (χ2n) is 9.14. The third kappa shape index (κ3) is 5.66. The number of carbonyl (C=O) groups excluding carboxylic acids is 1. The lowest BCUT2D eigenvalue weighted by Crippen LogP contribution is -2.42. The van der Waals surface area contributed by atoms with Crippen molar-refractivity contribution in [2.45, 2.75) is 67.0 Å². The first kappa shape index (κ1) is 27.6. The smallest absolute Gasteiger partial charge is 0.417 e. The van der Waals surface area contributed by atoms with E-state index >= 15 is 0 Å². The van der Waals surface area contributed by atoms with Crippen LogP contribution in [0.5, 0.6) is 0 Å². The summed E-state index contributed by atoms with van der Waals surface area (Å²) < 4.78 is 113. The molecule has 2 heterocycles. The van der Waals surface area contributed by atoms with Crippen LogP contribution in [-0.4, -0.2) is 54.0 Å². The molecule has 0 bridgehead atoms. The highest BCUT2D eigenvalue weighted by molar-refractivity contribution is 7.92. The van der Waals surface area contributed by atoms with Crippen LogP contribution in [-0.2, 0) is 27.3 Å². The van der Waals surface area contributed by atoms with Crippen molar-refractivity contribution in [1.29, 1.82) is 5.26 Å². The minimum atomic E-state index is -4.99. The van der Waals surface area contributed by atoms with Crippen molar-refractivity contribution < 1.29 is 44.3 Å². The average molecular weight is 565 g/mol. The Hall–Kier alpha value is -3.48. The Morgan fingerprint density at radius 3 is 2.47 bits per heavy atom. The lowest BCUT2D eigenvalue weighted by Gasteiger charge is -2.27. The summed E-state index contributed by atoms with van der Waals surface area (Å²) in [6.45, 7) is -0.733. The number of alkyl carbamates (subject to hydrolysis) is 1. The number of benzene rings is 1. The maximum absolute atomic E-state index is 13.6. The molecule has 2 atom stereocenters. The average Bonchev–Trinajstić information content (AvgIpc) is 3.30. The van der Waals surface area contributed by atoms with E-state index in [1.54, 1.807) is 0 Å². The van der Waals surface area contributed by atoms with E-state index in [2.05, 4.69) is 10.4 Å². The number of aryl methyl sites for hydroxylation is 1. The number of halogens is 6. The number of alkyl halides is 6. The van der Waals surface area contributed by atoms with Gasteiger partial charge in [0.1, 0.15) is 17.9 Å². The molecule has 2 fully saturated rings. The third-order valence-corrected chi connectivity index (χ3v) is 8.39. The van der Waals surface area contributed by atoms with E-state index in [0.717, 1.165) is 23.1 Å². The first-order chi connectivity index (χ1) is 17.5. The number of ether oxygens (including phenoxy) is 1. The Bertz CT molecular complexity index is 1380. The SMILES string of the molecule is Cc1cc(N2C[C@H](S(=O)(=O)c3ccccc3C(F)(F)F)C[C@@H]2OC(=O)NC2(C#N)CC2)n(CC(F)(F)F)n1. The van der Waals surface area contributed by atoms with Gasteiger partial charge in [0.15, 0.2) is 16.1 Å². The summed E-state index contributed by atoms with van der Waals surface area (Å²) in [7, 11) is -4.71. The molecule has 0 radical (unpaired) electrons. The standard InChI is InChI=1S/C22H21F6N5O4S/c1-13-8-17(33(31-13)12-21(23,24)25)32-10-14(9-18(32)37-19(34)30-20(11-29)6-7-20)38(35,36)16-5-3-2-4-15(16)22(26,27)28/h2-5,8,14,18H,6-7,9-10,12H2,1H3,(H,30,34)/t14-,18+/m1/s1. The Morgan fingerprint density at radius 2 is 1.89 bits per heavy atom. The van der Waals surface area contributed by atoms with Crippen LogP contribution in [0.2, 0.25) is 0 Å². The molecule has 1 amide bonds. The number of nitriles is 1. The quantitative estimate of drug-likeness (QED) is 0.528. The van der Waals surface area contributed by atoms with Gasteiger partial charge in [0.2, 0.25) is 0 Å². The summed E-state index contributed by atoms with van der Waals surface area (Å²) in [4.78, 5) is 12.6. The lowest BCUT2D eigenvalue weighted by atomic mass is 10.2. The van der Waals surface area contributed by atoms with Crippen molar-refractivity contribution in [3.63, 3.8) is 0 Å². The number of nitrogens with one attached hydrogen (secondary N) is 1. The van der Waals surface area contributed by atoms with Gasteiger partial charge in [-0.2, -0.15) is 36.7 Å². The number of rotatable bonds is 6. The summed E-state index contributed by atoms with van der Waals surface area (Å²) in [6, 6.07) is 6.67. The molecule has 0 spiro atoms. The molecular formula is C22H21F6N5O4S. The summed E-state index contributed by atoms with van der Waals surface area (Å²) >= 11 is 0. The van der Waals surface area contributed by atoms with E-state index in [1.165, 1.54) is 13.0 Å². The molecule has 1 aromatic heterocycles. The van der Waals surface area contributed by atoms with Gasteiger partial charge in [-0.15, -0.1) is 0 Å². The zero-order chi connectivity index (χ0) is 28.1. The summed E-state index contributed by atoms with van der Waals surface area (Å²) in [5.74, 6) is -0.235. The zero-order valence-corrected chi connectivity index (χ0v) is 20.5. The number of amides is 1. The van der Waals surface area contributed by atoms with E-state index < -0.39 is 75.3 Å². The zero-order valence-electron chi connectivity index (χ0n) is 19.7. The van der Waals surface area contributed by atoms with Gasteiger partial charge in [0.25, 0.3) is 0 Å². The maximum Gasteiger partial charge on any atom is 0.417 e. The fourth-order valence-electron chi connectivity index (χ4n) is 4.26. The van der Waals surface area contributed by atoms with Gasteiger partial charge >= 0.3 is 18.4 Å². The molecule has 38 heavy (non-hydrogen) atoms. The molecule has 16 heteroatoms. The minimum absolute atomic E-state index is 0.141. The van der Waals surface area contributed by atoms with Crippen molar-refractivity contribution in [1.82, 2.24) is 15.1 Å². The third-order valence-electron chi connectivity index (χ3n) is 6.20. The van der Waals surface area contributed by atoms with Crippen molar-refractivity contribution >= 4 is 21.7 Å². The van der Waals surface area contributed by atoms with Crippen LogP contribution < -0.4 is 10.2 Å². The largest absolute Gasteiger partial charge is 0.425 e. The minimum Gasteiger partial charge on any atom is -0.425 e. The molecule has 2 aliphatic rings. The molecule has 0 unspecified atom stereocenters.